The van der Waals surface area contributed by atoms with Crippen LogP contribution in [0, 0.1) is 11.8 Å². The standard InChI is InChI=1S/C25H30N6O5/c1-3-4-11-30-20-22(27-24(30)29-10-6-7-16(26)14-29)28(2)25(34)31(23(20)33)15-18(32)17-8-5-9-19-21(17)36-13-12-35-19/h5,8-9,16,20,22H,6-7,10-15,26H2,1-2H3/t16-,20?,22?/m1/s1. The van der Waals surface area contributed by atoms with Crippen LogP contribution in [0.4, 0.5) is 4.79 Å². The highest BCUT2D eigenvalue weighted by atomic mass is 16.6. The van der Waals surface area contributed by atoms with E-state index in [2.05, 4.69) is 16.7 Å². The molecule has 0 aliphatic carbocycles. The van der Waals surface area contributed by atoms with Crippen LogP contribution < -0.4 is 15.2 Å². The van der Waals surface area contributed by atoms with Crippen LogP contribution in [-0.4, -0.2) is 108 Å². The number of imide groups is 1. The fourth-order valence-electron chi connectivity index (χ4n) is 5.12. The Labute approximate surface area is 209 Å². The SMILES string of the molecule is CC#CCN1C(N2CCC[C@@H](N)C2)=NC2C1C(=O)N(CC(=O)c1cccc3c1OCCO3)C(=O)N2C. The molecular formula is C25H30N6O5. The molecule has 2 saturated heterocycles. The number of hydrogen-bond acceptors (Lipinski definition) is 9. The number of ether oxygens (including phenoxy) is 2. The lowest BCUT2D eigenvalue weighted by molar-refractivity contribution is -0.136. The summed E-state index contributed by atoms with van der Waals surface area (Å²) in [4.78, 5) is 51.4. The van der Waals surface area contributed by atoms with Gasteiger partial charge in [-0.3, -0.25) is 14.5 Å². The molecular weight excluding hydrogens is 464 g/mol. The first-order valence-electron chi connectivity index (χ1n) is 12.1. The molecule has 190 valence electrons. The number of likely N-dealkylation sites (tertiary alicyclic amines) is 1. The molecule has 1 aromatic rings. The number of urea groups is 1. The smallest absolute Gasteiger partial charge is 0.328 e. The topological polar surface area (TPSA) is 121 Å². The monoisotopic (exact) mass is 494 g/mol. The van der Waals surface area contributed by atoms with Crippen LogP contribution in [0.5, 0.6) is 11.5 Å². The van der Waals surface area contributed by atoms with Crippen LogP contribution in [0.3, 0.4) is 0 Å². The Morgan fingerprint density at radius 3 is 2.83 bits per heavy atom. The Bertz CT molecular complexity index is 1170. The minimum atomic E-state index is -0.779. The van der Waals surface area contributed by atoms with Crippen molar-refractivity contribution in [2.45, 2.75) is 38.0 Å². The van der Waals surface area contributed by atoms with Crippen LogP contribution in [0.25, 0.3) is 0 Å². The van der Waals surface area contributed by atoms with E-state index in [1.54, 1.807) is 32.2 Å². The maximum atomic E-state index is 13.7. The zero-order chi connectivity index (χ0) is 25.4. The molecule has 4 heterocycles. The average molecular weight is 495 g/mol. The number of hydrogen-bond donors (Lipinski definition) is 1. The van der Waals surface area contributed by atoms with E-state index < -0.39 is 36.5 Å². The van der Waals surface area contributed by atoms with Gasteiger partial charge in [0.25, 0.3) is 5.91 Å². The largest absolute Gasteiger partial charge is 0.486 e. The van der Waals surface area contributed by atoms with E-state index in [-0.39, 0.29) is 18.2 Å². The van der Waals surface area contributed by atoms with E-state index >= 15 is 0 Å². The van der Waals surface area contributed by atoms with Gasteiger partial charge < -0.3 is 29.9 Å². The lowest BCUT2D eigenvalue weighted by atomic mass is 10.1. The van der Waals surface area contributed by atoms with Gasteiger partial charge in [-0.25, -0.2) is 9.79 Å². The number of carbonyl (C=O) groups excluding carboxylic acids is 3. The highest BCUT2D eigenvalue weighted by molar-refractivity contribution is 6.09. The maximum absolute atomic E-state index is 13.7. The summed E-state index contributed by atoms with van der Waals surface area (Å²) in [6.07, 6.45) is 1.14. The number of aliphatic imine (C=N–C) groups is 1. The molecule has 1 aromatic carbocycles. The summed E-state index contributed by atoms with van der Waals surface area (Å²) in [5.41, 5.74) is 6.48. The molecule has 0 spiro atoms. The van der Waals surface area contributed by atoms with E-state index in [1.165, 1.54) is 4.90 Å². The van der Waals surface area contributed by atoms with Gasteiger partial charge in [-0.1, -0.05) is 12.0 Å². The van der Waals surface area contributed by atoms with Gasteiger partial charge in [0.05, 0.1) is 18.7 Å². The molecule has 3 amide bonds. The summed E-state index contributed by atoms with van der Waals surface area (Å²) >= 11 is 0. The third kappa shape index (κ3) is 4.11. The number of para-hydroxylation sites is 1. The van der Waals surface area contributed by atoms with Crippen molar-refractivity contribution < 1.29 is 23.9 Å². The van der Waals surface area contributed by atoms with Gasteiger partial charge >= 0.3 is 6.03 Å². The van der Waals surface area contributed by atoms with Gasteiger partial charge in [0.2, 0.25) is 0 Å². The molecule has 0 aromatic heterocycles. The molecule has 36 heavy (non-hydrogen) atoms. The van der Waals surface area contributed by atoms with Crippen LogP contribution in [0.2, 0.25) is 0 Å². The first-order valence-corrected chi connectivity index (χ1v) is 12.1. The Morgan fingerprint density at radius 1 is 1.25 bits per heavy atom. The second kappa shape index (κ2) is 9.70. The first-order chi connectivity index (χ1) is 17.4. The molecule has 2 unspecified atom stereocenters. The number of fused-ring (bicyclic) bond motifs is 2. The van der Waals surface area contributed by atoms with Crippen LogP contribution >= 0.6 is 0 Å². The van der Waals surface area contributed by atoms with Crippen molar-refractivity contribution in [3.63, 3.8) is 0 Å². The van der Waals surface area contributed by atoms with E-state index in [9.17, 15) is 14.4 Å². The van der Waals surface area contributed by atoms with Crippen molar-refractivity contribution in [1.82, 2.24) is 19.6 Å². The normalized spacial score (nSPS) is 25.3. The second-order valence-corrected chi connectivity index (χ2v) is 9.26. The summed E-state index contributed by atoms with van der Waals surface area (Å²) in [5.74, 6) is 6.45. The number of benzene rings is 1. The number of likely N-dealkylation sites (N-methyl/N-ethyl adjacent to an activating group) is 1. The first kappa shape index (κ1) is 23.9. The Kier molecular flexibility index (Phi) is 6.45. The maximum Gasteiger partial charge on any atom is 0.328 e. The Hall–Kier alpha value is -3.78. The van der Waals surface area contributed by atoms with Crippen molar-refractivity contribution >= 4 is 23.7 Å². The number of guanidine groups is 1. The molecule has 0 saturated carbocycles. The molecule has 11 nitrogen and oxygen atoms in total. The predicted octanol–water partition coefficient (Wildman–Crippen LogP) is 0.347. The van der Waals surface area contributed by atoms with E-state index in [0.29, 0.717) is 37.2 Å². The zero-order valence-electron chi connectivity index (χ0n) is 20.5. The Morgan fingerprint density at radius 2 is 2.06 bits per heavy atom. The summed E-state index contributed by atoms with van der Waals surface area (Å²) < 4.78 is 11.2. The van der Waals surface area contributed by atoms with Gasteiger partial charge in [-0.15, -0.1) is 5.92 Å². The van der Waals surface area contributed by atoms with Crippen molar-refractivity contribution in [2.24, 2.45) is 10.7 Å². The number of nitrogens with zero attached hydrogens (tertiary/aromatic N) is 5. The molecule has 0 bridgehead atoms. The number of piperidine rings is 1. The molecule has 2 fully saturated rings. The number of Topliss-reactive ketones (excluding diaryl/α,β-unsaturated/α-hetero) is 1. The number of amides is 3. The third-order valence-electron chi connectivity index (χ3n) is 6.91. The van der Waals surface area contributed by atoms with E-state index in [4.69, 9.17) is 20.2 Å². The van der Waals surface area contributed by atoms with Crippen LogP contribution in [0.15, 0.2) is 23.2 Å². The van der Waals surface area contributed by atoms with E-state index in [1.807, 2.05) is 4.90 Å². The van der Waals surface area contributed by atoms with Crippen molar-refractivity contribution in [1.29, 1.82) is 0 Å². The quantitative estimate of drug-likeness (QED) is 0.470. The third-order valence-corrected chi connectivity index (χ3v) is 6.91. The minimum absolute atomic E-state index is 0.00960. The van der Waals surface area contributed by atoms with Crippen molar-refractivity contribution in [3.8, 4) is 23.3 Å². The molecule has 4 aliphatic heterocycles. The fourth-order valence-corrected chi connectivity index (χ4v) is 5.12. The van der Waals surface area contributed by atoms with Crippen molar-refractivity contribution in [2.75, 3.05) is 46.4 Å². The van der Waals surface area contributed by atoms with Gasteiger partial charge in [0.15, 0.2) is 35.4 Å². The molecule has 11 heteroatoms. The minimum Gasteiger partial charge on any atom is -0.486 e. The number of nitrogens with two attached hydrogens (primary N) is 1. The van der Waals surface area contributed by atoms with Crippen LogP contribution in [0.1, 0.15) is 30.1 Å². The molecule has 2 N–H and O–H groups in total. The number of carbonyl (C=O) groups is 3. The highest BCUT2D eigenvalue weighted by Crippen LogP contribution is 2.35. The lowest BCUT2D eigenvalue weighted by Gasteiger charge is -2.41. The molecule has 5 rings (SSSR count). The molecule has 0 radical (unpaired) electrons. The zero-order valence-corrected chi connectivity index (χ0v) is 20.5. The average Bonchev–Trinajstić information content (AvgIpc) is 3.28. The van der Waals surface area contributed by atoms with Gasteiger partial charge in [0.1, 0.15) is 13.2 Å². The lowest BCUT2D eigenvalue weighted by Crippen LogP contribution is -2.66. The van der Waals surface area contributed by atoms with Crippen molar-refractivity contribution in [3.05, 3.63) is 23.8 Å². The predicted molar refractivity (Wildman–Crippen MR) is 131 cm³/mol. The summed E-state index contributed by atoms with van der Waals surface area (Å²) in [6.45, 7) is 3.68. The summed E-state index contributed by atoms with van der Waals surface area (Å²) in [7, 11) is 1.60. The van der Waals surface area contributed by atoms with E-state index in [0.717, 1.165) is 24.3 Å². The summed E-state index contributed by atoms with van der Waals surface area (Å²) in [6, 6.07) is 3.68. The van der Waals surface area contributed by atoms with Gasteiger partial charge in [0, 0.05) is 26.2 Å². The fraction of sp³-hybridized carbons (Fsp3) is 0.520. The second-order valence-electron chi connectivity index (χ2n) is 9.26. The Balaban J connectivity index is 1.42. The molecule has 4 aliphatic rings. The number of ketones is 1. The number of rotatable bonds is 4. The highest BCUT2D eigenvalue weighted by Gasteiger charge is 2.53. The van der Waals surface area contributed by atoms with Gasteiger partial charge in [-0.2, -0.15) is 0 Å². The van der Waals surface area contributed by atoms with Crippen LogP contribution in [-0.2, 0) is 4.79 Å². The molecule has 3 atom stereocenters. The van der Waals surface area contributed by atoms with Gasteiger partial charge in [-0.05, 0) is 31.9 Å². The summed E-state index contributed by atoms with van der Waals surface area (Å²) in [5, 5.41) is 0.